The quantitative estimate of drug-likeness (QED) is 0.373. The van der Waals surface area contributed by atoms with Crippen molar-refractivity contribution in [2.24, 2.45) is 0 Å². The molecule has 0 atom stereocenters. The van der Waals surface area contributed by atoms with E-state index >= 15 is 0 Å². The van der Waals surface area contributed by atoms with Crippen molar-refractivity contribution in [3.05, 3.63) is 63.5 Å². The van der Waals surface area contributed by atoms with Crippen molar-refractivity contribution in [2.45, 2.75) is 31.1 Å². The Morgan fingerprint density at radius 2 is 2.08 bits per heavy atom. The molecule has 8 heteroatoms. The molecule has 0 saturated carbocycles. The first-order valence-corrected chi connectivity index (χ1v) is 10.4. The fourth-order valence-electron chi connectivity index (χ4n) is 2.91. The lowest BCUT2D eigenvalue weighted by molar-refractivity contribution is 0.635. The van der Waals surface area contributed by atoms with Gasteiger partial charge in [-0.15, -0.1) is 21.5 Å². The molecule has 0 saturated heterocycles. The van der Waals surface area contributed by atoms with Crippen LogP contribution >= 0.6 is 23.1 Å². The number of fused-ring (bicyclic) bond motifs is 1. The normalized spacial score (nSPS) is 11.4. The molecule has 3 aromatic heterocycles. The maximum atomic E-state index is 12.1. The molecule has 0 aliphatic carbocycles. The highest BCUT2D eigenvalue weighted by Gasteiger charge is 2.08. The van der Waals surface area contributed by atoms with Crippen LogP contribution < -0.4 is 5.69 Å². The van der Waals surface area contributed by atoms with Crippen molar-refractivity contribution in [1.82, 2.24) is 24.3 Å². The van der Waals surface area contributed by atoms with Gasteiger partial charge in [-0.1, -0.05) is 30.0 Å². The fourth-order valence-corrected chi connectivity index (χ4v) is 4.47. The number of thioether (sulfide) groups is 1. The lowest BCUT2D eigenvalue weighted by Crippen LogP contribution is -2.17. The van der Waals surface area contributed by atoms with Crippen LogP contribution in [0.2, 0.25) is 0 Å². The Kier molecular flexibility index (Phi) is 5.21. The molecule has 1 aromatic carbocycles. The Morgan fingerprint density at radius 3 is 2.96 bits per heavy atom. The average molecular weight is 386 g/mol. The maximum absolute atomic E-state index is 12.1. The summed E-state index contributed by atoms with van der Waals surface area (Å²) in [6, 6.07) is 12.0. The Balaban J connectivity index is 1.32. The summed E-state index contributed by atoms with van der Waals surface area (Å²) in [6.45, 7) is 1.58. The number of rotatable bonds is 8. The van der Waals surface area contributed by atoms with Gasteiger partial charge in [-0.3, -0.25) is 4.57 Å². The third-order valence-corrected chi connectivity index (χ3v) is 6.20. The van der Waals surface area contributed by atoms with E-state index in [2.05, 4.69) is 37.3 Å². The topological polar surface area (TPSA) is 68.5 Å². The molecular formula is C18H19N5OS2. The van der Waals surface area contributed by atoms with Crippen LogP contribution in [0.25, 0.3) is 11.0 Å². The van der Waals surface area contributed by atoms with Gasteiger partial charge < -0.3 is 9.55 Å². The average Bonchev–Trinajstić information content (AvgIpc) is 3.37. The summed E-state index contributed by atoms with van der Waals surface area (Å²) in [7, 11) is 0. The molecule has 0 aliphatic rings. The van der Waals surface area contributed by atoms with E-state index in [4.69, 9.17) is 0 Å². The van der Waals surface area contributed by atoms with Gasteiger partial charge in [-0.25, -0.2) is 4.79 Å². The molecule has 4 rings (SSSR count). The molecule has 0 bridgehead atoms. The van der Waals surface area contributed by atoms with Gasteiger partial charge in [0.15, 0.2) is 5.16 Å². The summed E-state index contributed by atoms with van der Waals surface area (Å²) in [5, 5.41) is 11.3. The highest BCUT2D eigenvalue weighted by atomic mass is 32.2. The second kappa shape index (κ2) is 7.92. The zero-order chi connectivity index (χ0) is 17.8. The van der Waals surface area contributed by atoms with E-state index in [0.29, 0.717) is 6.54 Å². The Bertz CT molecular complexity index is 1030. The minimum absolute atomic E-state index is 0.0460. The number of aryl methyl sites for hydroxylation is 3. The molecular weight excluding hydrogens is 366 g/mol. The molecule has 6 nitrogen and oxygen atoms in total. The lowest BCUT2D eigenvalue weighted by atomic mass is 10.3. The van der Waals surface area contributed by atoms with Gasteiger partial charge >= 0.3 is 5.69 Å². The van der Waals surface area contributed by atoms with E-state index in [1.54, 1.807) is 34.0 Å². The number of aromatic amines is 1. The number of imidazole rings is 1. The highest BCUT2D eigenvalue weighted by molar-refractivity contribution is 7.99. The molecule has 0 fully saturated rings. The molecule has 134 valence electrons. The number of nitrogens with zero attached hydrogens (tertiary/aromatic N) is 4. The SMILES string of the molecule is O=c1[nH]c2ccccc2n1CCCSc1nncn1CCc1cccs1. The third-order valence-electron chi connectivity index (χ3n) is 4.20. The first-order valence-electron chi connectivity index (χ1n) is 8.52. The predicted octanol–water partition coefficient (Wildman–Crippen LogP) is 3.41. The second-order valence-corrected chi connectivity index (χ2v) is 8.03. The molecule has 1 N–H and O–H groups in total. The number of thiophene rings is 1. The van der Waals surface area contributed by atoms with E-state index in [1.807, 2.05) is 24.3 Å². The Morgan fingerprint density at radius 1 is 1.15 bits per heavy atom. The van der Waals surface area contributed by atoms with E-state index in [0.717, 1.165) is 41.3 Å². The van der Waals surface area contributed by atoms with Gasteiger partial charge in [0, 0.05) is 23.7 Å². The monoisotopic (exact) mass is 385 g/mol. The van der Waals surface area contributed by atoms with Gasteiger partial charge in [0.25, 0.3) is 0 Å². The number of hydrogen-bond acceptors (Lipinski definition) is 5. The minimum Gasteiger partial charge on any atom is -0.308 e. The summed E-state index contributed by atoms with van der Waals surface area (Å²) in [4.78, 5) is 16.4. The van der Waals surface area contributed by atoms with Crippen LogP contribution in [0.4, 0.5) is 0 Å². The summed E-state index contributed by atoms with van der Waals surface area (Å²) in [5.41, 5.74) is 1.80. The summed E-state index contributed by atoms with van der Waals surface area (Å²) >= 11 is 3.47. The van der Waals surface area contributed by atoms with E-state index < -0.39 is 0 Å². The van der Waals surface area contributed by atoms with E-state index in [-0.39, 0.29) is 5.69 Å². The van der Waals surface area contributed by atoms with Crippen molar-refractivity contribution < 1.29 is 0 Å². The fraction of sp³-hybridized carbons (Fsp3) is 0.278. The summed E-state index contributed by atoms with van der Waals surface area (Å²) < 4.78 is 3.90. The molecule has 0 aliphatic heterocycles. The number of benzene rings is 1. The van der Waals surface area contributed by atoms with Crippen LogP contribution in [0.5, 0.6) is 0 Å². The van der Waals surface area contributed by atoms with E-state index in [1.165, 1.54) is 4.88 Å². The van der Waals surface area contributed by atoms with Crippen molar-refractivity contribution >= 4 is 34.1 Å². The van der Waals surface area contributed by atoms with Crippen LogP contribution in [0.15, 0.2) is 58.1 Å². The molecule has 4 aromatic rings. The van der Waals surface area contributed by atoms with Gasteiger partial charge in [0.2, 0.25) is 0 Å². The number of aromatic nitrogens is 5. The van der Waals surface area contributed by atoms with Gasteiger partial charge in [0.05, 0.1) is 11.0 Å². The number of hydrogen-bond donors (Lipinski definition) is 1. The first kappa shape index (κ1) is 17.1. The molecule has 0 spiro atoms. The minimum atomic E-state index is -0.0460. The van der Waals surface area contributed by atoms with Crippen LogP contribution in [0, 0.1) is 0 Å². The van der Waals surface area contributed by atoms with Crippen molar-refractivity contribution in [1.29, 1.82) is 0 Å². The Labute approximate surface area is 158 Å². The van der Waals surface area contributed by atoms with Crippen LogP contribution in [0.1, 0.15) is 11.3 Å². The van der Waals surface area contributed by atoms with Gasteiger partial charge in [-0.05, 0) is 36.4 Å². The molecule has 0 amide bonds. The lowest BCUT2D eigenvalue weighted by Gasteiger charge is -2.06. The van der Waals surface area contributed by atoms with E-state index in [9.17, 15) is 4.79 Å². The first-order chi connectivity index (χ1) is 12.8. The molecule has 0 unspecified atom stereocenters. The van der Waals surface area contributed by atoms with Gasteiger partial charge in [-0.2, -0.15) is 0 Å². The van der Waals surface area contributed by atoms with Crippen LogP contribution in [-0.4, -0.2) is 30.1 Å². The van der Waals surface area contributed by atoms with Crippen molar-refractivity contribution in [2.75, 3.05) is 5.75 Å². The van der Waals surface area contributed by atoms with Crippen LogP contribution in [-0.2, 0) is 19.5 Å². The number of H-pyrrole nitrogens is 1. The molecule has 3 heterocycles. The largest absolute Gasteiger partial charge is 0.326 e. The summed E-state index contributed by atoms with van der Waals surface area (Å²) in [5.74, 6) is 0.893. The van der Waals surface area contributed by atoms with Gasteiger partial charge in [0.1, 0.15) is 6.33 Å². The van der Waals surface area contributed by atoms with Crippen LogP contribution in [0.3, 0.4) is 0 Å². The predicted molar refractivity (Wildman–Crippen MR) is 106 cm³/mol. The smallest absolute Gasteiger partial charge is 0.308 e. The molecule has 0 radical (unpaired) electrons. The number of nitrogens with one attached hydrogen (secondary N) is 1. The van der Waals surface area contributed by atoms with Crippen molar-refractivity contribution in [3.8, 4) is 0 Å². The van der Waals surface area contributed by atoms with Crippen molar-refractivity contribution in [3.63, 3.8) is 0 Å². The second-order valence-electron chi connectivity index (χ2n) is 5.94. The zero-order valence-electron chi connectivity index (χ0n) is 14.2. The zero-order valence-corrected chi connectivity index (χ0v) is 15.8. The number of para-hydroxylation sites is 2. The Hall–Kier alpha value is -2.32. The highest BCUT2D eigenvalue weighted by Crippen LogP contribution is 2.18. The third kappa shape index (κ3) is 3.76. The molecule has 26 heavy (non-hydrogen) atoms. The standard InChI is InChI=1S/C18H19N5OS2/c24-17-20-15-6-1-2-7-16(15)23(17)9-4-12-26-18-21-19-13-22(18)10-8-14-5-3-11-25-14/h1-3,5-7,11,13H,4,8-10,12H2,(H,20,24). The maximum Gasteiger partial charge on any atom is 0.326 e. The summed E-state index contributed by atoms with van der Waals surface area (Å²) in [6.07, 6.45) is 3.68.